The second kappa shape index (κ2) is 4.08. The van der Waals surface area contributed by atoms with Crippen LogP contribution in [0, 0.1) is 5.41 Å². The lowest BCUT2D eigenvalue weighted by Gasteiger charge is -2.09. The zero-order chi connectivity index (χ0) is 12.7. The largest absolute Gasteiger partial charge is 0.477 e. The van der Waals surface area contributed by atoms with Gasteiger partial charge in [0.15, 0.2) is 0 Å². The number of hydrogen-bond acceptors (Lipinski definition) is 4. The highest BCUT2D eigenvalue weighted by Gasteiger charge is 2.38. The number of sulfonamides is 1. The van der Waals surface area contributed by atoms with E-state index in [4.69, 9.17) is 5.11 Å². The molecule has 0 bridgehead atoms. The predicted molar refractivity (Wildman–Crippen MR) is 63.8 cm³/mol. The molecule has 94 valence electrons. The van der Waals surface area contributed by atoms with Gasteiger partial charge in [-0.05, 0) is 30.4 Å². The summed E-state index contributed by atoms with van der Waals surface area (Å²) in [5.41, 5.74) is 0.0833. The lowest BCUT2D eigenvalue weighted by atomic mass is 10.2. The first-order chi connectivity index (χ1) is 7.82. The molecular weight excluding hydrogens is 262 g/mol. The van der Waals surface area contributed by atoms with E-state index in [0.717, 1.165) is 24.2 Å². The number of carboxylic acids is 1. The maximum atomic E-state index is 11.8. The molecule has 0 spiro atoms. The lowest BCUT2D eigenvalue weighted by molar-refractivity contribution is 0.0702. The van der Waals surface area contributed by atoms with E-state index in [0.29, 0.717) is 6.54 Å². The number of aromatic carboxylic acids is 1. The fraction of sp³-hybridized carbons (Fsp3) is 0.500. The van der Waals surface area contributed by atoms with Crippen molar-refractivity contribution in [3.63, 3.8) is 0 Å². The van der Waals surface area contributed by atoms with Crippen LogP contribution in [-0.4, -0.2) is 26.0 Å². The minimum Gasteiger partial charge on any atom is -0.477 e. The van der Waals surface area contributed by atoms with Crippen LogP contribution in [0.1, 0.15) is 29.4 Å². The molecule has 0 aliphatic heterocycles. The molecule has 0 unspecified atom stereocenters. The predicted octanol–water partition coefficient (Wildman–Crippen LogP) is 1.52. The molecule has 1 aromatic rings. The SMILES string of the molecule is CC1(CNS(=O)(=O)c2ccc(C(=O)O)s2)CC1. The van der Waals surface area contributed by atoms with Gasteiger partial charge in [-0.3, -0.25) is 0 Å². The van der Waals surface area contributed by atoms with E-state index < -0.39 is 16.0 Å². The molecule has 17 heavy (non-hydrogen) atoms. The average Bonchev–Trinajstić information content (AvgIpc) is 2.81. The van der Waals surface area contributed by atoms with E-state index in [1.165, 1.54) is 12.1 Å². The fourth-order valence-electron chi connectivity index (χ4n) is 1.31. The van der Waals surface area contributed by atoms with Crippen molar-refractivity contribution in [1.29, 1.82) is 0 Å². The van der Waals surface area contributed by atoms with Gasteiger partial charge in [0.2, 0.25) is 10.0 Å². The molecule has 0 amide bonds. The smallest absolute Gasteiger partial charge is 0.345 e. The molecule has 5 nitrogen and oxygen atoms in total. The van der Waals surface area contributed by atoms with Crippen molar-refractivity contribution in [3.05, 3.63) is 17.0 Å². The Kier molecular flexibility index (Phi) is 3.01. The number of thiophene rings is 1. The summed E-state index contributed by atoms with van der Waals surface area (Å²) in [5, 5.41) is 8.73. The van der Waals surface area contributed by atoms with Crippen molar-refractivity contribution in [2.75, 3.05) is 6.54 Å². The molecule has 1 aromatic heterocycles. The van der Waals surface area contributed by atoms with Crippen LogP contribution in [0.2, 0.25) is 0 Å². The molecule has 1 heterocycles. The summed E-state index contributed by atoms with van der Waals surface area (Å²) in [7, 11) is -3.56. The summed E-state index contributed by atoms with van der Waals surface area (Å²) in [4.78, 5) is 10.7. The molecule has 0 atom stereocenters. The van der Waals surface area contributed by atoms with E-state index in [-0.39, 0.29) is 14.5 Å². The van der Waals surface area contributed by atoms with Crippen molar-refractivity contribution in [2.24, 2.45) is 5.41 Å². The lowest BCUT2D eigenvalue weighted by Crippen LogP contribution is -2.28. The van der Waals surface area contributed by atoms with Gasteiger partial charge in [0.25, 0.3) is 0 Å². The standard InChI is InChI=1S/C10H13NO4S2/c1-10(4-5-10)6-11-17(14,15)8-3-2-7(16-8)9(12)13/h2-3,11H,4-6H2,1H3,(H,12,13). The van der Waals surface area contributed by atoms with Crippen LogP contribution in [0.5, 0.6) is 0 Å². The topological polar surface area (TPSA) is 83.5 Å². The summed E-state index contributed by atoms with van der Waals surface area (Å²) in [6, 6.07) is 2.63. The van der Waals surface area contributed by atoms with Crippen LogP contribution in [0.3, 0.4) is 0 Å². The summed E-state index contributed by atoms with van der Waals surface area (Å²) < 4.78 is 26.3. The van der Waals surface area contributed by atoms with Gasteiger partial charge >= 0.3 is 5.97 Å². The third kappa shape index (κ3) is 2.85. The van der Waals surface area contributed by atoms with Gasteiger partial charge in [-0.15, -0.1) is 11.3 Å². The zero-order valence-electron chi connectivity index (χ0n) is 9.26. The molecule has 0 radical (unpaired) electrons. The molecule has 1 fully saturated rings. The van der Waals surface area contributed by atoms with Crippen LogP contribution in [-0.2, 0) is 10.0 Å². The number of carbonyl (C=O) groups is 1. The molecular formula is C10H13NO4S2. The highest BCUT2D eigenvalue weighted by molar-refractivity contribution is 7.91. The van der Waals surface area contributed by atoms with E-state index >= 15 is 0 Å². The molecule has 7 heteroatoms. The number of rotatable bonds is 5. The zero-order valence-corrected chi connectivity index (χ0v) is 10.9. The first-order valence-corrected chi connectivity index (χ1v) is 7.45. The third-order valence-electron chi connectivity index (χ3n) is 2.85. The van der Waals surface area contributed by atoms with Gasteiger partial charge in [0.05, 0.1) is 0 Å². The Hall–Kier alpha value is -0.920. The van der Waals surface area contributed by atoms with Crippen molar-refractivity contribution in [1.82, 2.24) is 4.72 Å². The minimum atomic E-state index is -3.56. The van der Waals surface area contributed by atoms with E-state index in [9.17, 15) is 13.2 Å². The Balaban J connectivity index is 2.10. The summed E-state index contributed by atoms with van der Waals surface area (Å²) in [6.07, 6.45) is 2.06. The highest BCUT2D eigenvalue weighted by Crippen LogP contribution is 2.44. The van der Waals surface area contributed by atoms with Gasteiger partial charge in [-0.25, -0.2) is 17.9 Å². The second-order valence-electron chi connectivity index (χ2n) is 4.56. The molecule has 0 saturated heterocycles. The fourth-order valence-corrected chi connectivity index (χ4v) is 3.70. The van der Waals surface area contributed by atoms with Crippen molar-refractivity contribution in [3.8, 4) is 0 Å². The van der Waals surface area contributed by atoms with Crippen molar-refractivity contribution >= 4 is 27.3 Å². The first kappa shape index (κ1) is 12.5. The van der Waals surface area contributed by atoms with Gasteiger partial charge in [-0.1, -0.05) is 6.92 Å². The Labute approximate surface area is 104 Å². The quantitative estimate of drug-likeness (QED) is 0.853. The molecule has 0 aromatic carbocycles. The maximum Gasteiger partial charge on any atom is 0.345 e. The molecule has 1 saturated carbocycles. The van der Waals surface area contributed by atoms with Gasteiger partial charge in [0.1, 0.15) is 9.09 Å². The van der Waals surface area contributed by atoms with Crippen LogP contribution >= 0.6 is 11.3 Å². The van der Waals surface area contributed by atoms with Gasteiger partial charge in [-0.2, -0.15) is 0 Å². The Morgan fingerprint density at radius 2 is 2.18 bits per heavy atom. The summed E-state index contributed by atoms with van der Waals surface area (Å²) in [6.45, 7) is 2.43. The number of hydrogen-bond donors (Lipinski definition) is 2. The maximum absolute atomic E-state index is 11.8. The Morgan fingerprint density at radius 3 is 2.65 bits per heavy atom. The second-order valence-corrected chi connectivity index (χ2v) is 7.64. The Morgan fingerprint density at radius 1 is 1.53 bits per heavy atom. The molecule has 1 aliphatic rings. The van der Waals surface area contributed by atoms with Crippen LogP contribution in [0.15, 0.2) is 16.3 Å². The summed E-state index contributed by atoms with van der Waals surface area (Å²) >= 11 is 0.769. The average molecular weight is 275 g/mol. The highest BCUT2D eigenvalue weighted by atomic mass is 32.2. The van der Waals surface area contributed by atoms with E-state index in [2.05, 4.69) is 4.72 Å². The van der Waals surface area contributed by atoms with Crippen LogP contribution < -0.4 is 4.72 Å². The van der Waals surface area contributed by atoms with Crippen LogP contribution in [0.4, 0.5) is 0 Å². The van der Waals surface area contributed by atoms with Crippen LogP contribution in [0.25, 0.3) is 0 Å². The van der Waals surface area contributed by atoms with E-state index in [1.54, 1.807) is 0 Å². The molecule has 2 N–H and O–H groups in total. The normalized spacial score (nSPS) is 17.9. The van der Waals surface area contributed by atoms with Gasteiger partial charge in [0, 0.05) is 6.54 Å². The third-order valence-corrected chi connectivity index (χ3v) is 5.82. The minimum absolute atomic E-state index is 0.0306. The van der Waals surface area contributed by atoms with E-state index in [1.807, 2.05) is 6.92 Å². The van der Waals surface area contributed by atoms with Crippen molar-refractivity contribution < 1.29 is 18.3 Å². The summed E-state index contributed by atoms with van der Waals surface area (Å²) in [5.74, 6) is -1.11. The van der Waals surface area contributed by atoms with Gasteiger partial charge < -0.3 is 5.11 Å². The molecule has 2 rings (SSSR count). The number of carboxylic acid groups (broad SMARTS) is 1. The monoisotopic (exact) mass is 275 g/mol. The number of nitrogens with one attached hydrogen (secondary N) is 1. The van der Waals surface area contributed by atoms with Crippen molar-refractivity contribution in [2.45, 2.75) is 24.0 Å². The first-order valence-electron chi connectivity index (χ1n) is 5.15. The Bertz CT molecular complexity index is 542. The molecule has 1 aliphatic carbocycles.